The van der Waals surface area contributed by atoms with Crippen molar-refractivity contribution < 1.29 is 27.9 Å². The first-order valence-electron chi connectivity index (χ1n) is 13.1. The number of aliphatic hydroxyl groups excluding tert-OH is 1. The van der Waals surface area contributed by atoms with Gasteiger partial charge in [0.05, 0.1) is 16.6 Å². The molecule has 38 heavy (non-hydrogen) atoms. The van der Waals surface area contributed by atoms with Crippen molar-refractivity contribution in [1.29, 1.82) is 0 Å². The third-order valence-electron chi connectivity index (χ3n) is 7.40. The largest absolute Gasteiger partial charge is 0.416 e. The van der Waals surface area contributed by atoms with Crippen molar-refractivity contribution in [3.05, 3.63) is 64.8 Å². The first-order chi connectivity index (χ1) is 18.2. The number of aromatic nitrogens is 2. The van der Waals surface area contributed by atoms with Crippen molar-refractivity contribution in [2.24, 2.45) is 10.9 Å². The number of nitrogens with one attached hydrogen (secondary N) is 1. The smallest absolute Gasteiger partial charge is 0.396 e. The van der Waals surface area contributed by atoms with Gasteiger partial charge in [0.15, 0.2) is 0 Å². The summed E-state index contributed by atoms with van der Waals surface area (Å²) in [6.45, 7) is 1.94. The number of aliphatic hydroxyl groups is 1. The quantitative estimate of drug-likeness (QED) is 0.469. The maximum atomic E-state index is 13.1. The summed E-state index contributed by atoms with van der Waals surface area (Å²) in [6.07, 6.45) is 0.544. The molecule has 5 rings (SSSR count). The van der Waals surface area contributed by atoms with Crippen LogP contribution in [0.5, 0.6) is 0 Å². The highest BCUT2D eigenvalue weighted by molar-refractivity contribution is 5.95. The number of hydrogen-bond donors (Lipinski definition) is 2. The van der Waals surface area contributed by atoms with Crippen LogP contribution in [0.1, 0.15) is 65.9 Å². The number of alkyl halides is 3. The van der Waals surface area contributed by atoms with Gasteiger partial charge in [0, 0.05) is 38.2 Å². The first kappa shape index (κ1) is 26.2. The van der Waals surface area contributed by atoms with E-state index in [1.54, 1.807) is 4.57 Å². The average Bonchev–Trinajstić information content (AvgIpc) is 3.67. The molecule has 2 aliphatic rings. The molecule has 2 heterocycles. The number of rotatable bonds is 7. The van der Waals surface area contributed by atoms with Gasteiger partial charge in [-0.25, -0.2) is 0 Å². The number of aryl methyl sites for hydroxylation is 1. The number of aromatic amines is 1. The van der Waals surface area contributed by atoms with Crippen molar-refractivity contribution in [3.63, 3.8) is 0 Å². The van der Waals surface area contributed by atoms with Crippen molar-refractivity contribution in [2.45, 2.75) is 57.2 Å². The summed E-state index contributed by atoms with van der Waals surface area (Å²) >= 11 is 0. The highest BCUT2D eigenvalue weighted by Crippen LogP contribution is 2.34. The Bertz CT molecular complexity index is 1400. The van der Waals surface area contributed by atoms with E-state index in [1.807, 2.05) is 23.1 Å². The number of likely N-dealkylation sites (tertiary alicyclic amines) is 1. The second kappa shape index (κ2) is 10.8. The number of nitrogens with zero attached hydrogens (tertiary/aromatic N) is 3. The van der Waals surface area contributed by atoms with E-state index >= 15 is 0 Å². The van der Waals surface area contributed by atoms with Crippen LogP contribution in [0.3, 0.4) is 0 Å². The fourth-order valence-corrected chi connectivity index (χ4v) is 5.16. The number of H-pyrrole nitrogens is 1. The molecule has 1 unspecified atom stereocenters. The Morgan fingerprint density at radius 3 is 2.68 bits per heavy atom. The first-order valence-corrected chi connectivity index (χ1v) is 13.1. The highest BCUT2D eigenvalue weighted by Gasteiger charge is 2.31. The third-order valence-corrected chi connectivity index (χ3v) is 7.40. The van der Waals surface area contributed by atoms with Crippen LogP contribution in [0.2, 0.25) is 0 Å². The molecule has 1 aliphatic heterocycles. The van der Waals surface area contributed by atoms with Crippen LogP contribution < -0.4 is 5.62 Å². The Morgan fingerprint density at radius 1 is 1.13 bits per heavy atom. The van der Waals surface area contributed by atoms with E-state index in [1.165, 1.54) is 25.0 Å². The van der Waals surface area contributed by atoms with Gasteiger partial charge in [0.2, 0.25) is 11.5 Å². The number of benzene rings is 2. The van der Waals surface area contributed by atoms with Crippen molar-refractivity contribution in [1.82, 2.24) is 14.5 Å². The fourth-order valence-electron chi connectivity index (χ4n) is 5.16. The molecule has 0 radical (unpaired) electrons. The van der Waals surface area contributed by atoms with Gasteiger partial charge < -0.3 is 19.6 Å². The van der Waals surface area contributed by atoms with Crippen LogP contribution in [0.15, 0.2) is 47.5 Å². The number of carbonyl (C=O) groups excluding carboxylic acids is 2. The molecule has 0 spiro atoms. The van der Waals surface area contributed by atoms with Crippen LogP contribution in [-0.2, 0) is 17.5 Å². The topological polar surface area (TPSA) is 90.7 Å². The molecule has 10 heteroatoms. The minimum absolute atomic E-state index is 0.0691. The van der Waals surface area contributed by atoms with Crippen molar-refractivity contribution in [2.75, 3.05) is 19.7 Å². The van der Waals surface area contributed by atoms with Crippen LogP contribution in [-0.4, -0.2) is 51.1 Å². The Kier molecular flexibility index (Phi) is 7.43. The predicted octanol–water partition coefficient (Wildman–Crippen LogP) is 4.62. The molecule has 1 aromatic heterocycles. The lowest BCUT2D eigenvalue weighted by Crippen LogP contribution is -2.32. The zero-order valence-corrected chi connectivity index (χ0v) is 21.0. The average molecular weight is 529 g/mol. The van der Waals surface area contributed by atoms with Gasteiger partial charge in [-0.2, -0.15) is 18.2 Å². The van der Waals surface area contributed by atoms with Gasteiger partial charge in [0.25, 0.3) is 5.91 Å². The summed E-state index contributed by atoms with van der Waals surface area (Å²) in [5.41, 5.74) is 1.60. The van der Waals surface area contributed by atoms with Gasteiger partial charge >= 0.3 is 6.18 Å². The summed E-state index contributed by atoms with van der Waals surface area (Å²) in [5, 5.41) is 9.38. The van der Waals surface area contributed by atoms with Gasteiger partial charge in [-0.15, -0.1) is 0 Å². The lowest BCUT2D eigenvalue weighted by Gasteiger charge is -2.20. The number of hydrogen-bond acceptors (Lipinski definition) is 3. The summed E-state index contributed by atoms with van der Waals surface area (Å²) in [4.78, 5) is 35.0. The second-order valence-corrected chi connectivity index (χ2v) is 10.3. The molecule has 202 valence electrons. The molecular formula is C28H31F3N4O3. The zero-order valence-electron chi connectivity index (χ0n) is 21.0. The normalized spacial score (nSPS) is 19.3. The summed E-state index contributed by atoms with van der Waals surface area (Å²) in [7, 11) is 0. The summed E-state index contributed by atoms with van der Waals surface area (Å²) in [6, 6.07) is 10.0. The molecule has 2 N–H and O–H groups in total. The monoisotopic (exact) mass is 528 g/mol. The standard InChI is InChI=1S/C28H31F3N4O3/c29-28(30,31)22-6-1-4-21(14-22)26(38)33-27-32-23-15-20(9-10-24(23)35(27)12-3-13-36)19-5-2-11-34(25(37)16-19)17-18-7-8-18/h1,4,6,9-10,14-15,18-19,36H,2-3,5,7-8,11-13,16-17H2,(H,32,33,38). The van der Waals surface area contributed by atoms with Gasteiger partial charge in [-0.1, -0.05) is 12.1 Å². The van der Waals surface area contributed by atoms with Gasteiger partial charge in [0.1, 0.15) is 0 Å². The molecule has 1 atom stereocenters. The molecule has 2 fully saturated rings. The number of amides is 2. The fraction of sp³-hybridized carbons (Fsp3) is 0.464. The van der Waals surface area contributed by atoms with E-state index in [2.05, 4.69) is 9.98 Å². The van der Waals surface area contributed by atoms with E-state index in [0.29, 0.717) is 30.8 Å². The molecule has 3 aromatic rings. The molecule has 1 aliphatic carbocycles. The molecule has 2 aromatic carbocycles. The number of imidazole rings is 1. The van der Waals surface area contributed by atoms with E-state index in [9.17, 15) is 27.9 Å². The Labute approximate surface area is 218 Å². The van der Waals surface area contributed by atoms with E-state index < -0.39 is 17.6 Å². The molecule has 2 amide bonds. The summed E-state index contributed by atoms with van der Waals surface area (Å²) < 4.78 is 41.1. The van der Waals surface area contributed by atoms with Crippen LogP contribution in [0, 0.1) is 5.92 Å². The minimum Gasteiger partial charge on any atom is -0.396 e. The minimum atomic E-state index is -4.57. The zero-order chi connectivity index (χ0) is 26.9. The number of fused-ring (bicyclic) bond motifs is 1. The molecule has 1 saturated carbocycles. The van der Waals surface area contributed by atoms with Crippen LogP contribution >= 0.6 is 0 Å². The van der Waals surface area contributed by atoms with E-state index in [0.717, 1.165) is 49.1 Å². The second-order valence-electron chi connectivity index (χ2n) is 10.3. The lowest BCUT2D eigenvalue weighted by atomic mass is 9.91. The number of carbonyl (C=O) groups is 2. The van der Waals surface area contributed by atoms with Gasteiger partial charge in [-0.05, 0) is 79.8 Å². The maximum Gasteiger partial charge on any atom is 0.416 e. The third kappa shape index (κ3) is 5.85. The Morgan fingerprint density at radius 2 is 1.95 bits per heavy atom. The molecule has 1 saturated heterocycles. The lowest BCUT2D eigenvalue weighted by molar-refractivity contribution is -0.137. The van der Waals surface area contributed by atoms with E-state index in [4.69, 9.17) is 0 Å². The Balaban J connectivity index is 1.45. The van der Waals surface area contributed by atoms with E-state index in [-0.39, 0.29) is 29.6 Å². The SMILES string of the molecule is O=C(/N=c1\[nH]c2cc(C3CCCN(CC4CC4)C(=O)C3)ccc2n1CCCO)c1cccc(C(F)(F)F)c1. The molecule has 7 nitrogen and oxygen atoms in total. The van der Waals surface area contributed by atoms with Crippen LogP contribution in [0.4, 0.5) is 13.2 Å². The van der Waals surface area contributed by atoms with Crippen LogP contribution in [0.25, 0.3) is 11.0 Å². The maximum absolute atomic E-state index is 13.1. The predicted molar refractivity (Wildman–Crippen MR) is 135 cm³/mol. The van der Waals surface area contributed by atoms with Crippen molar-refractivity contribution in [3.8, 4) is 0 Å². The molecule has 0 bridgehead atoms. The molecular weight excluding hydrogens is 497 g/mol. The number of halogens is 3. The Hall–Kier alpha value is -3.40. The highest BCUT2D eigenvalue weighted by atomic mass is 19.4. The van der Waals surface area contributed by atoms with Gasteiger partial charge in [-0.3, -0.25) is 9.59 Å². The summed E-state index contributed by atoms with van der Waals surface area (Å²) in [5.74, 6) is 0.121. The van der Waals surface area contributed by atoms with Crippen molar-refractivity contribution >= 4 is 22.8 Å².